The molecule has 0 saturated heterocycles. The number of pyridine rings is 2. The van der Waals surface area contributed by atoms with Gasteiger partial charge in [-0.3, -0.25) is 4.79 Å². The maximum absolute atomic E-state index is 13.0. The molecule has 2 N–H and O–H groups in total. The summed E-state index contributed by atoms with van der Waals surface area (Å²) in [7, 11) is 1.61. The van der Waals surface area contributed by atoms with Crippen LogP contribution in [0.25, 0.3) is 10.9 Å². The zero-order valence-corrected chi connectivity index (χ0v) is 19.6. The van der Waals surface area contributed by atoms with Gasteiger partial charge in [0.1, 0.15) is 22.9 Å². The van der Waals surface area contributed by atoms with Crippen LogP contribution in [0.5, 0.6) is 17.4 Å². The van der Waals surface area contributed by atoms with E-state index in [1.807, 2.05) is 24.3 Å². The predicted molar refractivity (Wildman–Crippen MR) is 136 cm³/mol. The Bertz CT molecular complexity index is 1300. The summed E-state index contributed by atoms with van der Waals surface area (Å²) in [5.74, 6) is 2.33. The van der Waals surface area contributed by atoms with E-state index in [2.05, 4.69) is 27.8 Å². The third-order valence-corrected chi connectivity index (χ3v) is 6.30. The van der Waals surface area contributed by atoms with Gasteiger partial charge in [0.2, 0.25) is 5.88 Å². The summed E-state index contributed by atoms with van der Waals surface area (Å²) in [6.45, 7) is 0. The zero-order valence-electron chi connectivity index (χ0n) is 19.6. The normalized spacial score (nSPS) is 17.5. The van der Waals surface area contributed by atoms with Gasteiger partial charge in [-0.1, -0.05) is 18.2 Å². The number of hydrogen-bond donors (Lipinski definition) is 2. The summed E-state index contributed by atoms with van der Waals surface area (Å²) < 4.78 is 11.1. The summed E-state index contributed by atoms with van der Waals surface area (Å²) in [4.78, 5) is 22.0. The fraction of sp³-hybridized carbons (Fsp3) is 0.250. The van der Waals surface area contributed by atoms with Crippen LogP contribution in [0, 0.1) is 0 Å². The molecule has 1 aliphatic carbocycles. The van der Waals surface area contributed by atoms with Gasteiger partial charge in [-0.15, -0.1) is 0 Å². The van der Waals surface area contributed by atoms with Gasteiger partial charge in [0.05, 0.1) is 12.6 Å². The Morgan fingerprint density at radius 3 is 2.40 bits per heavy atom. The summed E-state index contributed by atoms with van der Waals surface area (Å²) in [6, 6.07) is 23.3. The molecule has 0 radical (unpaired) electrons. The third-order valence-electron chi connectivity index (χ3n) is 6.30. The lowest BCUT2D eigenvalue weighted by atomic mass is 9.91. The summed E-state index contributed by atoms with van der Waals surface area (Å²) >= 11 is 0. The van der Waals surface area contributed by atoms with Crippen molar-refractivity contribution in [1.82, 2.24) is 15.3 Å². The molecule has 1 amide bonds. The first-order valence-electron chi connectivity index (χ1n) is 11.9. The smallest absolute Gasteiger partial charge is 0.257 e. The molecule has 2 aromatic heterocycles. The SMILES string of the molecule is COc1ccc(Oc2ncccc2C(=O)N[C@H]2CC[C@@H](Nc3ccc4ccccc4n3)CC2)cc1. The average molecular weight is 469 g/mol. The van der Waals surface area contributed by atoms with Gasteiger partial charge in [0, 0.05) is 23.7 Å². The van der Waals surface area contributed by atoms with E-state index in [1.165, 1.54) is 0 Å². The quantitative estimate of drug-likeness (QED) is 0.368. The number of methoxy groups -OCH3 is 1. The molecule has 1 aliphatic rings. The molecule has 0 unspecified atom stereocenters. The molecule has 7 nitrogen and oxygen atoms in total. The van der Waals surface area contributed by atoms with Crippen molar-refractivity contribution in [3.05, 3.63) is 84.6 Å². The second kappa shape index (κ2) is 10.4. The molecular weight excluding hydrogens is 440 g/mol. The van der Waals surface area contributed by atoms with Crippen molar-refractivity contribution in [2.45, 2.75) is 37.8 Å². The Hall–Kier alpha value is -4.13. The van der Waals surface area contributed by atoms with Crippen molar-refractivity contribution in [1.29, 1.82) is 0 Å². The monoisotopic (exact) mass is 468 g/mol. The van der Waals surface area contributed by atoms with E-state index in [0.29, 0.717) is 17.4 Å². The van der Waals surface area contributed by atoms with Gasteiger partial charge >= 0.3 is 0 Å². The van der Waals surface area contributed by atoms with Crippen molar-refractivity contribution in [3.8, 4) is 17.4 Å². The number of fused-ring (bicyclic) bond motifs is 1. The first-order valence-corrected chi connectivity index (χ1v) is 11.9. The van der Waals surface area contributed by atoms with Crippen molar-refractivity contribution in [2.75, 3.05) is 12.4 Å². The molecule has 7 heteroatoms. The highest BCUT2D eigenvalue weighted by Crippen LogP contribution is 2.27. The van der Waals surface area contributed by atoms with Crippen LogP contribution < -0.4 is 20.1 Å². The lowest BCUT2D eigenvalue weighted by molar-refractivity contribution is 0.0923. The molecule has 4 aromatic rings. The maximum atomic E-state index is 13.0. The van der Waals surface area contributed by atoms with Crippen molar-refractivity contribution < 1.29 is 14.3 Å². The number of hydrogen-bond acceptors (Lipinski definition) is 6. The highest BCUT2D eigenvalue weighted by atomic mass is 16.5. The number of amides is 1. The Morgan fingerprint density at radius 2 is 1.60 bits per heavy atom. The summed E-state index contributed by atoms with van der Waals surface area (Å²) in [5, 5.41) is 7.86. The van der Waals surface area contributed by atoms with Crippen LogP contribution in [0.4, 0.5) is 5.82 Å². The van der Waals surface area contributed by atoms with Crippen molar-refractivity contribution in [2.24, 2.45) is 0 Å². The largest absolute Gasteiger partial charge is 0.497 e. The van der Waals surface area contributed by atoms with Crippen LogP contribution in [-0.2, 0) is 0 Å². The van der Waals surface area contributed by atoms with E-state index in [9.17, 15) is 4.79 Å². The minimum atomic E-state index is -0.172. The van der Waals surface area contributed by atoms with Gasteiger partial charge in [-0.25, -0.2) is 9.97 Å². The van der Waals surface area contributed by atoms with E-state index in [-0.39, 0.29) is 17.8 Å². The fourth-order valence-electron chi connectivity index (χ4n) is 4.40. The maximum Gasteiger partial charge on any atom is 0.257 e. The lowest BCUT2D eigenvalue weighted by Crippen LogP contribution is -2.40. The average Bonchev–Trinajstić information content (AvgIpc) is 2.90. The van der Waals surface area contributed by atoms with Crippen LogP contribution in [0.3, 0.4) is 0 Å². The van der Waals surface area contributed by atoms with E-state index in [1.54, 1.807) is 49.7 Å². The number of carbonyl (C=O) groups excluding carboxylic acids is 1. The Morgan fingerprint density at radius 1 is 0.857 bits per heavy atom. The Kier molecular flexibility index (Phi) is 6.75. The minimum Gasteiger partial charge on any atom is -0.497 e. The van der Waals surface area contributed by atoms with Gasteiger partial charge in [-0.05, 0) is 80.3 Å². The molecule has 1 fully saturated rings. The number of nitrogens with zero attached hydrogens (tertiary/aromatic N) is 2. The number of ether oxygens (including phenoxy) is 2. The van der Waals surface area contributed by atoms with Crippen LogP contribution in [-0.4, -0.2) is 35.1 Å². The number of para-hydroxylation sites is 1. The number of aromatic nitrogens is 2. The summed E-state index contributed by atoms with van der Waals surface area (Å²) in [6.07, 6.45) is 5.33. The number of anilines is 1. The predicted octanol–water partition coefficient (Wildman–Crippen LogP) is 5.58. The number of rotatable bonds is 7. The number of nitrogens with one attached hydrogen (secondary N) is 2. The van der Waals surface area contributed by atoms with E-state index in [4.69, 9.17) is 14.5 Å². The highest BCUT2D eigenvalue weighted by molar-refractivity contribution is 5.96. The van der Waals surface area contributed by atoms with E-state index < -0.39 is 0 Å². The second-order valence-corrected chi connectivity index (χ2v) is 8.69. The van der Waals surface area contributed by atoms with Crippen LogP contribution in [0.15, 0.2) is 79.0 Å². The van der Waals surface area contributed by atoms with Crippen molar-refractivity contribution in [3.63, 3.8) is 0 Å². The minimum absolute atomic E-state index is 0.110. The van der Waals surface area contributed by atoms with Gasteiger partial charge < -0.3 is 20.1 Å². The molecule has 0 bridgehead atoms. The molecular formula is C28H28N4O3. The molecule has 0 spiro atoms. The molecule has 2 aromatic carbocycles. The molecule has 5 rings (SSSR count). The topological polar surface area (TPSA) is 85.4 Å². The molecule has 0 atom stereocenters. The molecule has 2 heterocycles. The molecule has 0 aliphatic heterocycles. The van der Waals surface area contributed by atoms with E-state index >= 15 is 0 Å². The molecule has 178 valence electrons. The third kappa shape index (κ3) is 5.51. The first kappa shape index (κ1) is 22.7. The highest BCUT2D eigenvalue weighted by Gasteiger charge is 2.24. The summed E-state index contributed by atoms with van der Waals surface area (Å²) in [5.41, 5.74) is 1.41. The molecule has 35 heavy (non-hydrogen) atoms. The van der Waals surface area contributed by atoms with Crippen molar-refractivity contribution >= 4 is 22.6 Å². The Labute approximate surface area is 204 Å². The van der Waals surface area contributed by atoms with Crippen LogP contribution in [0.2, 0.25) is 0 Å². The fourth-order valence-corrected chi connectivity index (χ4v) is 4.40. The Balaban J connectivity index is 1.17. The van der Waals surface area contributed by atoms with E-state index in [0.717, 1.165) is 48.2 Å². The number of benzene rings is 2. The van der Waals surface area contributed by atoms with Crippen LogP contribution in [0.1, 0.15) is 36.0 Å². The van der Waals surface area contributed by atoms with Gasteiger partial charge in [0.25, 0.3) is 5.91 Å². The second-order valence-electron chi connectivity index (χ2n) is 8.69. The lowest BCUT2D eigenvalue weighted by Gasteiger charge is -2.30. The van der Waals surface area contributed by atoms with Gasteiger partial charge in [0.15, 0.2) is 0 Å². The van der Waals surface area contributed by atoms with Crippen LogP contribution >= 0.6 is 0 Å². The first-order chi connectivity index (χ1) is 17.2. The molecule has 1 saturated carbocycles. The standard InChI is InChI=1S/C28H28N4O3/c1-34-22-13-15-23(16-14-22)35-28-24(6-4-18-29-28)27(33)31-21-11-9-20(10-12-21)30-26-17-8-19-5-2-3-7-25(19)32-26/h2-8,13-18,20-21H,9-12H2,1H3,(H,30,32)(H,31,33)/t20-,21+. The zero-order chi connectivity index (χ0) is 24.0. The number of carbonyl (C=O) groups is 1. The van der Waals surface area contributed by atoms with Gasteiger partial charge in [-0.2, -0.15) is 0 Å².